The highest BCUT2D eigenvalue weighted by Gasteiger charge is 2.41. The predicted molar refractivity (Wildman–Crippen MR) is 58.3 cm³/mol. The van der Waals surface area contributed by atoms with Crippen LogP contribution in [0.15, 0.2) is 6.33 Å². The van der Waals surface area contributed by atoms with Gasteiger partial charge in [-0.1, -0.05) is 0 Å². The molecule has 1 aliphatic heterocycles. The maximum Gasteiger partial charge on any atom is 0.406 e. The molecule has 6 heteroatoms. The van der Waals surface area contributed by atoms with E-state index in [0.717, 1.165) is 18.9 Å². The number of nitro groups is 1. The smallest absolute Gasteiger partial charge is 0.358 e. The van der Waals surface area contributed by atoms with Crippen LogP contribution in [0, 0.1) is 16.0 Å². The summed E-state index contributed by atoms with van der Waals surface area (Å²) in [5.41, 5.74) is 0. The van der Waals surface area contributed by atoms with E-state index in [1.165, 1.54) is 19.2 Å². The van der Waals surface area contributed by atoms with E-state index in [0.29, 0.717) is 11.9 Å². The van der Waals surface area contributed by atoms with Crippen molar-refractivity contribution in [1.82, 2.24) is 9.55 Å². The molecule has 1 aliphatic carbocycles. The van der Waals surface area contributed by atoms with E-state index in [-0.39, 0.29) is 10.7 Å². The van der Waals surface area contributed by atoms with Crippen LogP contribution in [0.1, 0.15) is 19.3 Å². The Kier molecular flexibility index (Phi) is 1.92. The molecule has 2 bridgehead atoms. The van der Waals surface area contributed by atoms with Gasteiger partial charge in [-0.25, -0.2) is 0 Å². The molecule has 1 aromatic rings. The van der Waals surface area contributed by atoms with Gasteiger partial charge in [0, 0.05) is 19.6 Å². The maximum absolute atomic E-state index is 10.9. The van der Waals surface area contributed by atoms with Gasteiger partial charge in [0.05, 0.1) is 0 Å². The summed E-state index contributed by atoms with van der Waals surface area (Å²) in [4.78, 5) is 16.5. The van der Waals surface area contributed by atoms with Crippen molar-refractivity contribution >= 4 is 11.6 Å². The molecule has 2 unspecified atom stereocenters. The van der Waals surface area contributed by atoms with Gasteiger partial charge in [-0.15, -0.1) is 0 Å². The summed E-state index contributed by atoms with van der Waals surface area (Å²) in [5.74, 6) is 1.40. The van der Waals surface area contributed by atoms with Gasteiger partial charge < -0.3 is 15.0 Å². The molecular weight excluding hydrogens is 208 g/mol. The summed E-state index contributed by atoms with van der Waals surface area (Å²) >= 11 is 0. The monoisotopic (exact) mass is 222 g/mol. The van der Waals surface area contributed by atoms with Crippen molar-refractivity contribution in [3.8, 4) is 0 Å². The first-order chi connectivity index (χ1) is 7.66. The highest BCUT2D eigenvalue weighted by molar-refractivity contribution is 5.56. The topological polar surface area (TPSA) is 64.2 Å². The van der Waals surface area contributed by atoms with Crippen LogP contribution in [0.4, 0.5) is 11.6 Å². The predicted octanol–water partition coefficient (Wildman–Crippen LogP) is 1.32. The van der Waals surface area contributed by atoms with E-state index in [4.69, 9.17) is 0 Å². The summed E-state index contributed by atoms with van der Waals surface area (Å²) in [5, 5.41) is 10.9. The van der Waals surface area contributed by atoms with Crippen LogP contribution in [-0.4, -0.2) is 27.1 Å². The lowest BCUT2D eigenvalue weighted by molar-refractivity contribution is -0.388. The molecule has 86 valence electrons. The first-order valence-electron chi connectivity index (χ1n) is 5.59. The number of hydrogen-bond donors (Lipinski definition) is 0. The van der Waals surface area contributed by atoms with Crippen molar-refractivity contribution < 1.29 is 4.92 Å². The van der Waals surface area contributed by atoms with Crippen LogP contribution in [-0.2, 0) is 7.05 Å². The molecule has 6 nitrogen and oxygen atoms in total. The molecule has 1 saturated carbocycles. The Morgan fingerprint density at radius 2 is 2.38 bits per heavy atom. The van der Waals surface area contributed by atoms with Crippen molar-refractivity contribution in [2.24, 2.45) is 13.0 Å². The zero-order valence-corrected chi connectivity index (χ0v) is 9.17. The van der Waals surface area contributed by atoms with Gasteiger partial charge in [0.15, 0.2) is 0 Å². The van der Waals surface area contributed by atoms with Crippen LogP contribution in [0.5, 0.6) is 0 Å². The zero-order valence-electron chi connectivity index (χ0n) is 9.17. The van der Waals surface area contributed by atoms with E-state index in [2.05, 4.69) is 9.88 Å². The van der Waals surface area contributed by atoms with Gasteiger partial charge in [-0.3, -0.25) is 4.57 Å². The number of aromatic nitrogens is 2. The Morgan fingerprint density at radius 1 is 1.56 bits per heavy atom. The Bertz CT molecular complexity index is 442. The SMILES string of the molecule is Cn1cnc([N+](=O)[O-])c1N1CC2CCC1C2. The minimum absolute atomic E-state index is 0.00458. The molecule has 2 aliphatic rings. The third-order valence-corrected chi connectivity index (χ3v) is 3.74. The molecule has 3 rings (SSSR count). The zero-order chi connectivity index (χ0) is 11.3. The van der Waals surface area contributed by atoms with Crippen LogP contribution in [0.2, 0.25) is 0 Å². The van der Waals surface area contributed by atoms with E-state index >= 15 is 0 Å². The Morgan fingerprint density at radius 3 is 2.94 bits per heavy atom. The lowest BCUT2D eigenvalue weighted by atomic mass is 10.1. The number of aryl methyl sites for hydroxylation is 1. The third kappa shape index (κ3) is 1.22. The number of fused-ring (bicyclic) bond motifs is 2. The quantitative estimate of drug-likeness (QED) is 0.559. The Hall–Kier alpha value is -1.59. The fraction of sp³-hybridized carbons (Fsp3) is 0.700. The lowest BCUT2D eigenvalue weighted by Gasteiger charge is -2.27. The number of hydrogen-bond acceptors (Lipinski definition) is 4. The van der Waals surface area contributed by atoms with Crippen molar-refractivity contribution in [2.45, 2.75) is 25.3 Å². The third-order valence-electron chi connectivity index (χ3n) is 3.74. The van der Waals surface area contributed by atoms with Crippen LogP contribution in [0.25, 0.3) is 0 Å². The first-order valence-corrected chi connectivity index (χ1v) is 5.59. The van der Waals surface area contributed by atoms with E-state index in [1.54, 1.807) is 4.57 Å². The van der Waals surface area contributed by atoms with E-state index < -0.39 is 0 Å². The van der Waals surface area contributed by atoms with E-state index in [1.807, 2.05) is 7.05 Å². The number of anilines is 1. The average Bonchev–Trinajstić information content (AvgIpc) is 2.90. The Labute approximate surface area is 93.0 Å². The molecule has 2 heterocycles. The van der Waals surface area contributed by atoms with Gasteiger partial charge in [0.25, 0.3) is 0 Å². The van der Waals surface area contributed by atoms with Gasteiger partial charge >= 0.3 is 5.82 Å². The van der Waals surface area contributed by atoms with Gasteiger partial charge in [-0.2, -0.15) is 0 Å². The minimum atomic E-state index is -0.388. The summed E-state index contributed by atoms with van der Waals surface area (Å²) < 4.78 is 1.76. The molecule has 16 heavy (non-hydrogen) atoms. The maximum atomic E-state index is 10.9. The van der Waals surface area contributed by atoms with Gasteiger partial charge in [0.2, 0.25) is 12.1 Å². The summed E-state index contributed by atoms with van der Waals surface area (Å²) in [7, 11) is 1.82. The van der Waals surface area contributed by atoms with Crippen molar-refractivity contribution in [3.05, 3.63) is 16.4 Å². The molecule has 2 atom stereocenters. The molecule has 1 saturated heterocycles. The van der Waals surface area contributed by atoms with Gasteiger partial charge in [-0.05, 0) is 35.1 Å². The summed E-state index contributed by atoms with van der Waals surface area (Å²) in [6.07, 6.45) is 5.14. The highest BCUT2D eigenvalue weighted by Crippen LogP contribution is 2.42. The second-order valence-electron chi connectivity index (χ2n) is 4.75. The van der Waals surface area contributed by atoms with Crippen LogP contribution < -0.4 is 4.90 Å². The Balaban J connectivity index is 2.00. The fourth-order valence-corrected chi connectivity index (χ4v) is 3.06. The van der Waals surface area contributed by atoms with Crippen LogP contribution >= 0.6 is 0 Å². The molecule has 0 amide bonds. The van der Waals surface area contributed by atoms with Crippen LogP contribution in [0.3, 0.4) is 0 Å². The van der Waals surface area contributed by atoms with E-state index in [9.17, 15) is 10.1 Å². The molecule has 0 spiro atoms. The molecular formula is C10H14N4O2. The van der Waals surface area contributed by atoms with Gasteiger partial charge in [0.1, 0.15) is 0 Å². The standard InChI is InChI=1S/C10H14N4O2/c1-12-6-11-9(14(15)16)10(12)13-5-7-2-3-8(13)4-7/h6-8H,2-5H2,1H3. The second-order valence-corrected chi connectivity index (χ2v) is 4.75. The summed E-state index contributed by atoms with van der Waals surface area (Å²) in [6, 6.07) is 0.485. The van der Waals surface area contributed by atoms with Crippen molar-refractivity contribution in [3.63, 3.8) is 0 Å². The second kappa shape index (κ2) is 3.20. The fourth-order valence-electron chi connectivity index (χ4n) is 3.06. The average molecular weight is 222 g/mol. The number of rotatable bonds is 2. The van der Waals surface area contributed by atoms with Crippen molar-refractivity contribution in [1.29, 1.82) is 0 Å². The lowest BCUT2D eigenvalue weighted by Crippen LogP contribution is -2.33. The molecule has 0 radical (unpaired) electrons. The largest absolute Gasteiger partial charge is 0.406 e. The number of imidazole rings is 1. The van der Waals surface area contributed by atoms with Crippen molar-refractivity contribution in [2.75, 3.05) is 11.4 Å². The molecule has 2 fully saturated rings. The molecule has 1 aromatic heterocycles. The first kappa shape index (κ1) is 9.62. The number of piperidine rings is 1. The molecule has 0 aromatic carbocycles. The molecule has 0 N–H and O–H groups in total. The number of nitrogens with zero attached hydrogens (tertiary/aromatic N) is 4. The summed E-state index contributed by atoms with van der Waals surface area (Å²) in [6.45, 7) is 0.949. The highest BCUT2D eigenvalue weighted by atomic mass is 16.6. The normalized spacial score (nSPS) is 27.7. The minimum Gasteiger partial charge on any atom is -0.358 e.